The highest BCUT2D eigenvalue weighted by atomic mass is 32.2. The van der Waals surface area contributed by atoms with Gasteiger partial charge >= 0.3 is 0 Å². The lowest BCUT2D eigenvalue weighted by Gasteiger charge is -2.14. The Morgan fingerprint density at radius 3 is 2.27 bits per heavy atom. The predicted molar refractivity (Wildman–Crippen MR) is 101 cm³/mol. The number of benzene rings is 2. The van der Waals surface area contributed by atoms with Crippen molar-refractivity contribution in [2.75, 3.05) is 19.0 Å². The molecule has 0 unspecified atom stereocenters. The third-order valence-corrected chi connectivity index (χ3v) is 4.80. The second-order valence-corrected chi connectivity index (χ2v) is 7.39. The van der Waals surface area contributed by atoms with E-state index in [0.717, 1.165) is 17.7 Å². The van der Waals surface area contributed by atoms with Gasteiger partial charge in [-0.3, -0.25) is 4.79 Å². The van der Waals surface area contributed by atoms with Crippen LogP contribution in [0.4, 0.5) is 5.69 Å². The first-order valence-corrected chi connectivity index (χ1v) is 9.64. The first-order chi connectivity index (χ1) is 12.3. The number of nitrogens with two attached hydrogens (primary N) is 1. The molecule has 26 heavy (non-hydrogen) atoms. The summed E-state index contributed by atoms with van der Waals surface area (Å²) in [5.41, 5.74) is 1.65. The SMILES string of the molecule is COc1ccc(CCN[C@H](C)C(=O)Nc2ccc(S(N)(=O)=O)cc2)cc1. The predicted octanol–water partition coefficient (Wildman–Crippen LogP) is 1.50. The number of anilines is 1. The van der Waals surface area contributed by atoms with Crippen molar-refractivity contribution in [3.63, 3.8) is 0 Å². The number of amides is 1. The van der Waals surface area contributed by atoms with E-state index in [0.29, 0.717) is 12.2 Å². The summed E-state index contributed by atoms with van der Waals surface area (Å²) >= 11 is 0. The van der Waals surface area contributed by atoms with Crippen LogP contribution in [0.5, 0.6) is 5.75 Å². The summed E-state index contributed by atoms with van der Waals surface area (Å²) in [5, 5.41) is 10.9. The van der Waals surface area contributed by atoms with Gasteiger partial charge < -0.3 is 15.4 Å². The number of carbonyl (C=O) groups excluding carboxylic acids is 1. The van der Waals surface area contributed by atoms with E-state index in [1.54, 1.807) is 14.0 Å². The van der Waals surface area contributed by atoms with Gasteiger partial charge in [-0.15, -0.1) is 0 Å². The van der Waals surface area contributed by atoms with E-state index in [-0.39, 0.29) is 10.8 Å². The summed E-state index contributed by atoms with van der Waals surface area (Å²) < 4.78 is 27.6. The molecular formula is C18H23N3O4S. The Hall–Kier alpha value is -2.42. The molecule has 0 aromatic heterocycles. The molecule has 0 bridgehead atoms. The minimum Gasteiger partial charge on any atom is -0.497 e. The van der Waals surface area contributed by atoms with Crippen LogP contribution in [0.15, 0.2) is 53.4 Å². The van der Waals surface area contributed by atoms with Crippen molar-refractivity contribution in [2.24, 2.45) is 5.14 Å². The molecule has 2 aromatic rings. The molecule has 1 atom stereocenters. The van der Waals surface area contributed by atoms with Gasteiger partial charge in [0.05, 0.1) is 18.0 Å². The smallest absolute Gasteiger partial charge is 0.241 e. The lowest BCUT2D eigenvalue weighted by Crippen LogP contribution is -2.39. The van der Waals surface area contributed by atoms with E-state index < -0.39 is 16.1 Å². The minimum absolute atomic E-state index is 0.00108. The van der Waals surface area contributed by atoms with Crippen LogP contribution in [-0.2, 0) is 21.2 Å². The molecule has 0 aliphatic heterocycles. The number of methoxy groups -OCH3 is 1. The van der Waals surface area contributed by atoms with Crippen molar-refractivity contribution in [2.45, 2.75) is 24.3 Å². The van der Waals surface area contributed by atoms with Gasteiger partial charge in [-0.25, -0.2) is 13.6 Å². The fourth-order valence-electron chi connectivity index (χ4n) is 2.30. The first kappa shape index (κ1) is 19.9. The fraction of sp³-hybridized carbons (Fsp3) is 0.278. The standard InChI is InChI=1S/C18H23N3O4S/c1-13(20-12-11-14-3-7-16(25-2)8-4-14)18(22)21-15-5-9-17(10-6-15)26(19,23)24/h3-10,13,20H,11-12H2,1-2H3,(H,21,22)(H2,19,23,24)/t13-/m1/s1. The van der Waals surface area contributed by atoms with Crippen LogP contribution in [0.2, 0.25) is 0 Å². The second-order valence-electron chi connectivity index (χ2n) is 5.83. The Labute approximate surface area is 153 Å². The van der Waals surface area contributed by atoms with Crippen LogP contribution < -0.4 is 20.5 Å². The van der Waals surface area contributed by atoms with Gasteiger partial charge in [-0.05, 0) is 61.9 Å². The van der Waals surface area contributed by atoms with Crippen molar-refractivity contribution >= 4 is 21.6 Å². The van der Waals surface area contributed by atoms with E-state index in [1.165, 1.54) is 24.3 Å². The molecule has 0 saturated heterocycles. The van der Waals surface area contributed by atoms with Crippen molar-refractivity contribution in [1.29, 1.82) is 0 Å². The largest absolute Gasteiger partial charge is 0.497 e. The highest BCUT2D eigenvalue weighted by Crippen LogP contribution is 2.13. The normalized spacial score (nSPS) is 12.4. The summed E-state index contributed by atoms with van der Waals surface area (Å²) in [5.74, 6) is 0.603. The van der Waals surface area contributed by atoms with E-state index in [4.69, 9.17) is 9.88 Å². The second kappa shape index (κ2) is 8.79. The van der Waals surface area contributed by atoms with Crippen molar-refractivity contribution in [3.05, 3.63) is 54.1 Å². The number of sulfonamides is 1. The van der Waals surface area contributed by atoms with Crippen LogP contribution in [0, 0.1) is 0 Å². The monoisotopic (exact) mass is 377 g/mol. The Morgan fingerprint density at radius 2 is 1.73 bits per heavy atom. The number of hydrogen-bond donors (Lipinski definition) is 3. The third kappa shape index (κ3) is 5.83. The number of nitrogens with one attached hydrogen (secondary N) is 2. The maximum Gasteiger partial charge on any atom is 0.241 e. The molecule has 2 aromatic carbocycles. The van der Waals surface area contributed by atoms with Crippen molar-refractivity contribution in [1.82, 2.24) is 5.32 Å². The fourth-order valence-corrected chi connectivity index (χ4v) is 2.81. The summed E-state index contributed by atoms with van der Waals surface area (Å²) in [6.45, 7) is 2.41. The maximum absolute atomic E-state index is 12.2. The molecule has 2 rings (SSSR count). The lowest BCUT2D eigenvalue weighted by molar-refractivity contribution is -0.117. The number of hydrogen-bond acceptors (Lipinski definition) is 5. The minimum atomic E-state index is -3.74. The molecule has 0 heterocycles. The molecule has 0 fully saturated rings. The number of carbonyl (C=O) groups is 1. The van der Waals surface area contributed by atoms with Crippen molar-refractivity contribution < 1.29 is 17.9 Å². The average molecular weight is 377 g/mol. The van der Waals surface area contributed by atoms with Crippen LogP contribution in [0.1, 0.15) is 12.5 Å². The zero-order chi connectivity index (χ0) is 19.2. The maximum atomic E-state index is 12.2. The summed E-state index contributed by atoms with van der Waals surface area (Å²) in [7, 11) is -2.12. The van der Waals surface area contributed by atoms with Gasteiger partial charge in [-0.2, -0.15) is 0 Å². The molecule has 0 radical (unpaired) electrons. The Morgan fingerprint density at radius 1 is 1.12 bits per heavy atom. The van der Waals surface area contributed by atoms with Crippen LogP contribution >= 0.6 is 0 Å². The zero-order valence-corrected chi connectivity index (χ0v) is 15.5. The van der Waals surface area contributed by atoms with Gasteiger partial charge in [0, 0.05) is 5.69 Å². The average Bonchev–Trinajstić information content (AvgIpc) is 2.62. The van der Waals surface area contributed by atoms with Gasteiger partial charge in [0.15, 0.2) is 0 Å². The Kier molecular flexibility index (Phi) is 6.73. The molecular weight excluding hydrogens is 354 g/mol. The molecule has 0 aliphatic rings. The topological polar surface area (TPSA) is 111 Å². The molecule has 0 spiro atoms. The van der Waals surface area contributed by atoms with Gasteiger partial charge in [-0.1, -0.05) is 12.1 Å². The quantitative estimate of drug-likeness (QED) is 0.646. The molecule has 7 nitrogen and oxygen atoms in total. The van der Waals surface area contributed by atoms with Gasteiger partial charge in [0.1, 0.15) is 5.75 Å². The molecule has 1 amide bonds. The van der Waals surface area contributed by atoms with Crippen LogP contribution in [-0.4, -0.2) is 34.0 Å². The number of primary sulfonamides is 1. The summed E-state index contributed by atoms with van der Waals surface area (Å²) in [4.78, 5) is 12.2. The summed E-state index contributed by atoms with van der Waals surface area (Å²) in [6, 6.07) is 13.1. The number of ether oxygens (including phenoxy) is 1. The van der Waals surface area contributed by atoms with Crippen LogP contribution in [0.3, 0.4) is 0 Å². The van der Waals surface area contributed by atoms with E-state index in [2.05, 4.69) is 10.6 Å². The van der Waals surface area contributed by atoms with Gasteiger partial charge in [0.2, 0.25) is 15.9 Å². The zero-order valence-electron chi connectivity index (χ0n) is 14.7. The number of rotatable bonds is 8. The Balaban J connectivity index is 1.81. The van der Waals surface area contributed by atoms with E-state index in [9.17, 15) is 13.2 Å². The molecule has 0 aliphatic carbocycles. The van der Waals surface area contributed by atoms with Crippen LogP contribution in [0.25, 0.3) is 0 Å². The van der Waals surface area contributed by atoms with E-state index >= 15 is 0 Å². The molecule has 0 saturated carbocycles. The molecule has 4 N–H and O–H groups in total. The Bertz CT molecular complexity index is 834. The lowest BCUT2D eigenvalue weighted by atomic mass is 10.1. The molecule has 140 valence electrons. The van der Waals surface area contributed by atoms with E-state index in [1.807, 2.05) is 24.3 Å². The van der Waals surface area contributed by atoms with Gasteiger partial charge in [0.25, 0.3) is 0 Å². The molecule has 8 heteroatoms. The first-order valence-electron chi connectivity index (χ1n) is 8.09. The van der Waals surface area contributed by atoms with Crippen molar-refractivity contribution in [3.8, 4) is 5.75 Å². The highest BCUT2D eigenvalue weighted by molar-refractivity contribution is 7.89. The highest BCUT2D eigenvalue weighted by Gasteiger charge is 2.13. The third-order valence-electron chi connectivity index (χ3n) is 3.87. The summed E-state index contributed by atoms with van der Waals surface area (Å²) in [6.07, 6.45) is 0.782.